The molecule has 1 atom stereocenters. The molecule has 1 aromatic rings. The SMILES string of the molecule is Cc1cc(OC2C=CCCC2)ccc1S(N)(=O)=O. The zero-order chi connectivity index (χ0) is 13.2. The molecule has 2 rings (SSSR count). The predicted molar refractivity (Wildman–Crippen MR) is 70.0 cm³/mol. The summed E-state index contributed by atoms with van der Waals surface area (Å²) < 4.78 is 28.3. The normalized spacial score (nSPS) is 19.8. The minimum atomic E-state index is -3.65. The third-order valence-corrected chi connectivity index (χ3v) is 4.02. The number of sulfonamides is 1. The summed E-state index contributed by atoms with van der Waals surface area (Å²) in [4.78, 5) is 0.147. The maximum atomic E-state index is 11.3. The smallest absolute Gasteiger partial charge is 0.238 e. The molecule has 5 heteroatoms. The Morgan fingerprint density at radius 3 is 2.72 bits per heavy atom. The van der Waals surface area contributed by atoms with Crippen LogP contribution in [0.15, 0.2) is 35.2 Å². The molecule has 0 saturated carbocycles. The van der Waals surface area contributed by atoms with Crippen molar-refractivity contribution in [1.82, 2.24) is 0 Å². The van der Waals surface area contributed by atoms with E-state index in [1.165, 1.54) is 6.07 Å². The number of ether oxygens (including phenoxy) is 1. The van der Waals surface area contributed by atoms with Gasteiger partial charge in [-0.2, -0.15) is 0 Å². The number of primary sulfonamides is 1. The van der Waals surface area contributed by atoms with Gasteiger partial charge < -0.3 is 4.74 Å². The van der Waals surface area contributed by atoms with Crippen LogP contribution in [0.2, 0.25) is 0 Å². The van der Waals surface area contributed by atoms with Gasteiger partial charge in [0.15, 0.2) is 0 Å². The summed E-state index contributed by atoms with van der Waals surface area (Å²) in [6.07, 6.45) is 7.45. The number of hydrogen-bond donors (Lipinski definition) is 1. The zero-order valence-electron chi connectivity index (χ0n) is 10.3. The molecule has 18 heavy (non-hydrogen) atoms. The molecule has 0 heterocycles. The Balaban J connectivity index is 2.19. The Hall–Kier alpha value is -1.33. The van der Waals surface area contributed by atoms with Crippen LogP contribution in [0.3, 0.4) is 0 Å². The van der Waals surface area contributed by atoms with Crippen LogP contribution < -0.4 is 9.88 Å². The molecule has 0 fully saturated rings. The Morgan fingerprint density at radius 2 is 2.17 bits per heavy atom. The van der Waals surface area contributed by atoms with Crippen molar-refractivity contribution >= 4 is 10.0 Å². The lowest BCUT2D eigenvalue weighted by atomic mass is 10.1. The summed E-state index contributed by atoms with van der Waals surface area (Å²) in [7, 11) is -3.65. The molecular weight excluding hydrogens is 250 g/mol. The van der Waals surface area contributed by atoms with Gasteiger partial charge in [0.05, 0.1) is 4.90 Å². The molecule has 0 aliphatic heterocycles. The van der Waals surface area contributed by atoms with E-state index in [-0.39, 0.29) is 11.0 Å². The van der Waals surface area contributed by atoms with Crippen LogP contribution in [0.4, 0.5) is 0 Å². The maximum absolute atomic E-state index is 11.3. The van der Waals surface area contributed by atoms with E-state index in [1.807, 2.05) is 6.08 Å². The van der Waals surface area contributed by atoms with E-state index in [4.69, 9.17) is 9.88 Å². The molecular formula is C13H17NO3S. The highest BCUT2D eigenvalue weighted by Gasteiger charge is 2.14. The lowest BCUT2D eigenvalue weighted by molar-refractivity contribution is 0.229. The summed E-state index contributed by atoms with van der Waals surface area (Å²) >= 11 is 0. The highest BCUT2D eigenvalue weighted by atomic mass is 32.2. The van der Waals surface area contributed by atoms with Gasteiger partial charge in [0.1, 0.15) is 11.9 Å². The molecule has 0 aromatic heterocycles. The molecule has 0 saturated heterocycles. The highest BCUT2D eigenvalue weighted by Crippen LogP contribution is 2.23. The quantitative estimate of drug-likeness (QED) is 0.853. The van der Waals surface area contributed by atoms with Gasteiger partial charge in [-0.3, -0.25) is 0 Å². The standard InChI is InChI=1S/C13H17NO3S/c1-10-9-12(7-8-13(10)18(14,15)16)17-11-5-3-2-4-6-11/h3,5,7-9,11H,2,4,6H2,1H3,(H2,14,15,16). The Bertz CT molecular complexity index is 564. The van der Waals surface area contributed by atoms with Gasteiger partial charge in [-0.05, 0) is 56.0 Å². The summed E-state index contributed by atoms with van der Waals surface area (Å²) in [6.45, 7) is 1.71. The minimum Gasteiger partial charge on any atom is -0.486 e. The lowest BCUT2D eigenvalue weighted by Crippen LogP contribution is -2.16. The number of benzene rings is 1. The third-order valence-electron chi connectivity index (χ3n) is 2.95. The van der Waals surface area contributed by atoms with Crippen LogP contribution in [0.1, 0.15) is 24.8 Å². The molecule has 1 aliphatic rings. The van der Waals surface area contributed by atoms with Gasteiger partial charge in [0, 0.05) is 0 Å². The van der Waals surface area contributed by atoms with Crippen LogP contribution in [-0.4, -0.2) is 14.5 Å². The fourth-order valence-corrected chi connectivity index (χ4v) is 2.83. The first-order valence-electron chi connectivity index (χ1n) is 5.93. The first-order chi connectivity index (χ1) is 8.47. The fourth-order valence-electron chi connectivity index (χ4n) is 2.07. The molecule has 4 nitrogen and oxygen atoms in total. The van der Waals surface area contributed by atoms with E-state index in [1.54, 1.807) is 19.1 Å². The molecule has 1 unspecified atom stereocenters. The van der Waals surface area contributed by atoms with E-state index in [0.717, 1.165) is 19.3 Å². The Kier molecular flexibility index (Phi) is 3.73. The number of aryl methyl sites for hydroxylation is 1. The Morgan fingerprint density at radius 1 is 1.39 bits per heavy atom. The van der Waals surface area contributed by atoms with Crippen LogP contribution in [0, 0.1) is 6.92 Å². The molecule has 2 N–H and O–H groups in total. The average Bonchev–Trinajstić information content (AvgIpc) is 2.28. The molecule has 0 spiro atoms. The number of nitrogens with two attached hydrogens (primary N) is 1. The summed E-state index contributed by atoms with van der Waals surface area (Å²) in [6, 6.07) is 4.85. The molecule has 98 valence electrons. The second-order valence-electron chi connectivity index (χ2n) is 4.49. The van der Waals surface area contributed by atoms with Crippen LogP contribution in [0.5, 0.6) is 5.75 Å². The van der Waals surface area contributed by atoms with Crippen molar-refractivity contribution in [2.24, 2.45) is 5.14 Å². The van der Waals surface area contributed by atoms with Crippen molar-refractivity contribution in [3.05, 3.63) is 35.9 Å². The van der Waals surface area contributed by atoms with E-state index in [9.17, 15) is 8.42 Å². The summed E-state index contributed by atoms with van der Waals surface area (Å²) in [5, 5.41) is 5.11. The first kappa shape index (κ1) is 13.1. The van der Waals surface area contributed by atoms with Gasteiger partial charge >= 0.3 is 0 Å². The molecule has 0 bridgehead atoms. The van der Waals surface area contributed by atoms with Crippen molar-refractivity contribution in [2.75, 3.05) is 0 Å². The average molecular weight is 267 g/mol. The molecule has 0 amide bonds. The van der Waals surface area contributed by atoms with Crippen LogP contribution in [-0.2, 0) is 10.0 Å². The second-order valence-corrected chi connectivity index (χ2v) is 6.02. The molecule has 1 aromatic carbocycles. The Labute approximate surface area is 108 Å². The molecule has 1 aliphatic carbocycles. The van der Waals surface area contributed by atoms with Crippen LogP contribution in [0.25, 0.3) is 0 Å². The summed E-state index contributed by atoms with van der Waals surface area (Å²) in [5.74, 6) is 0.677. The predicted octanol–water partition coefficient (Wildman–Crippen LogP) is 2.13. The zero-order valence-corrected chi connectivity index (χ0v) is 11.1. The van der Waals surface area contributed by atoms with Crippen LogP contribution >= 0.6 is 0 Å². The summed E-state index contributed by atoms with van der Waals surface area (Å²) in [5.41, 5.74) is 0.606. The molecule has 0 radical (unpaired) electrons. The number of allylic oxidation sites excluding steroid dienone is 1. The highest BCUT2D eigenvalue weighted by molar-refractivity contribution is 7.89. The van der Waals surface area contributed by atoms with Crippen molar-refractivity contribution in [2.45, 2.75) is 37.2 Å². The van der Waals surface area contributed by atoms with Gasteiger partial charge in [0.25, 0.3) is 0 Å². The number of rotatable bonds is 3. The maximum Gasteiger partial charge on any atom is 0.238 e. The first-order valence-corrected chi connectivity index (χ1v) is 7.48. The van der Waals surface area contributed by atoms with Gasteiger partial charge in [-0.1, -0.05) is 6.08 Å². The van der Waals surface area contributed by atoms with Crippen molar-refractivity contribution in [3.8, 4) is 5.75 Å². The van der Waals surface area contributed by atoms with Crippen molar-refractivity contribution in [3.63, 3.8) is 0 Å². The van der Waals surface area contributed by atoms with E-state index >= 15 is 0 Å². The topological polar surface area (TPSA) is 69.4 Å². The third kappa shape index (κ3) is 3.11. The number of hydrogen-bond acceptors (Lipinski definition) is 3. The van der Waals surface area contributed by atoms with E-state index in [2.05, 4.69) is 6.08 Å². The monoisotopic (exact) mass is 267 g/mol. The van der Waals surface area contributed by atoms with E-state index in [0.29, 0.717) is 11.3 Å². The minimum absolute atomic E-state index is 0.0819. The van der Waals surface area contributed by atoms with Crippen molar-refractivity contribution < 1.29 is 13.2 Å². The lowest BCUT2D eigenvalue weighted by Gasteiger charge is -2.19. The van der Waals surface area contributed by atoms with Gasteiger partial charge in [-0.25, -0.2) is 13.6 Å². The fraction of sp³-hybridized carbons (Fsp3) is 0.385. The van der Waals surface area contributed by atoms with Gasteiger partial charge in [0.2, 0.25) is 10.0 Å². The largest absolute Gasteiger partial charge is 0.486 e. The van der Waals surface area contributed by atoms with Gasteiger partial charge in [-0.15, -0.1) is 0 Å². The second kappa shape index (κ2) is 5.12. The van der Waals surface area contributed by atoms with E-state index < -0.39 is 10.0 Å². The van der Waals surface area contributed by atoms with Crippen molar-refractivity contribution in [1.29, 1.82) is 0 Å².